The third-order valence-electron chi connectivity index (χ3n) is 4.65. The number of hydrogen-bond acceptors (Lipinski definition) is 5. The van der Waals surface area contributed by atoms with Crippen molar-refractivity contribution in [2.45, 2.75) is 19.9 Å². The topological polar surface area (TPSA) is 87.7 Å². The number of carbonyl (C=O) groups excluding carboxylic acids is 1. The Kier molecular flexibility index (Phi) is 4.78. The molecular weight excluding hydrogens is 344 g/mol. The molecule has 1 aliphatic heterocycles. The summed E-state index contributed by atoms with van der Waals surface area (Å²) in [5.74, 6) is 1.76. The molecule has 0 spiro atoms. The third kappa shape index (κ3) is 3.51. The minimum atomic E-state index is -0.0158. The smallest absolute Gasteiger partial charge is 0.317 e. The minimum absolute atomic E-state index is 0.0158. The van der Waals surface area contributed by atoms with E-state index in [4.69, 9.17) is 4.42 Å². The fourth-order valence-electron chi connectivity index (χ4n) is 3.26. The molecule has 2 amide bonds. The van der Waals surface area contributed by atoms with E-state index in [2.05, 4.69) is 33.0 Å². The second-order valence-electron chi connectivity index (χ2n) is 6.35. The van der Waals surface area contributed by atoms with Gasteiger partial charge in [-0.3, -0.25) is 4.40 Å². The van der Waals surface area contributed by atoms with E-state index in [0.29, 0.717) is 26.2 Å². The molecule has 27 heavy (non-hydrogen) atoms. The summed E-state index contributed by atoms with van der Waals surface area (Å²) in [5, 5.41) is 14.6. The van der Waals surface area contributed by atoms with E-state index in [9.17, 15) is 4.79 Å². The highest BCUT2D eigenvalue weighted by atomic mass is 16.3. The fourth-order valence-corrected chi connectivity index (χ4v) is 3.26. The molecule has 3 aromatic heterocycles. The van der Waals surface area contributed by atoms with Crippen LogP contribution in [0.4, 0.5) is 10.6 Å². The number of anilines is 1. The molecule has 0 saturated heterocycles. The van der Waals surface area contributed by atoms with Gasteiger partial charge in [0, 0.05) is 25.2 Å². The van der Waals surface area contributed by atoms with Crippen LogP contribution < -0.4 is 10.6 Å². The van der Waals surface area contributed by atoms with Gasteiger partial charge >= 0.3 is 6.03 Å². The van der Waals surface area contributed by atoms with Crippen molar-refractivity contribution in [3.05, 3.63) is 54.3 Å². The van der Waals surface area contributed by atoms with Crippen LogP contribution in [-0.4, -0.2) is 45.2 Å². The van der Waals surface area contributed by atoms with Gasteiger partial charge in [-0.25, -0.2) is 4.79 Å². The normalized spacial score (nSPS) is 14.3. The van der Waals surface area contributed by atoms with Gasteiger partial charge < -0.3 is 20.0 Å². The van der Waals surface area contributed by atoms with Crippen LogP contribution in [0.1, 0.15) is 24.7 Å². The summed E-state index contributed by atoms with van der Waals surface area (Å²) >= 11 is 0. The van der Waals surface area contributed by atoms with Crippen LogP contribution in [0.3, 0.4) is 0 Å². The Bertz CT molecular complexity index is 960. The molecule has 0 radical (unpaired) electrons. The molecular formula is C19H22N6O2. The Morgan fingerprint density at radius 2 is 2.26 bits per heavy atom. The number of carbonyl (C=O) groups is 1. The van der Waals surface area contributed by atoms with E-state index >= 15 is 0 Å². The summed E-state index contributed by atoms with van der Waals surface area (Å²) in [5.41, 5.74) is 3.04. The fraction of sp³-hybridized carbons (Fsp3) is 0.316. The van der Waals surface area contributed by atoms with Crippen molar-refractivity contribution in [1.82, 2.24) is 24.8 Å². The number of urea groups is 1. The van der Waals surface area contributed by atoms with Crippen LogP contribution in [0, 0.1) is 0 Å². The molecule has 0 aliphatic carbocycles. The van der Waals surface area contributed by atoms with Crippen LogP contribution in [0.2, 0.25) is 0 Å². The predicted octanol–water partition coefficient (Wildman–Crippen LogP) is 2.75. The lowest BCUT2D eigenvalue weighted by atomic mass is 10.0. The van der Waals surface area contributed by atoms with Crippen molar-refractivity contribution in [2.75, 3.05) is 25.0 Å². The number of hydrogen-bond donors (Lipinski definition) is 2. The standard InChI is InChI=1S/C19H22N6O2/c1-2-20-19(26)24-9-7-14(8-10-24)16-5-6-17(25-13-22-23-18(16)25)21-12-15-4-3-11-27-15/h3-7,11,13,21H,2,8-10,12H2,1H3,(H,20,26). The second-order valence-corrected chi connectivity index (χ2v) is 6.35. The van der Waals surface area contributed by atoms with Gasteiger partial charge in [-0.15, -0.1) is 10.2 Å². The van der Waals surface area contributed by atoms with E-state index in [-0.39, 0.29) is 6.03 Å². The summed E-state index contributed by atoms with van der Waals surface area (Å²) in [4.78, 5) is 13.8. The van der Waals surface area contributed by atoms with Gasteiger partial charge in [0.15, 0.2) is 5.65 Å². The summed E-state index contributed by atoms with van der Waals surface area (Å²) in [6.07, 6.45) is 6.25. The number of aromatic nitrogens is 3. The number of nitrogens with one attached hydrogen (secondary N) is 2. The van der Waals surface area contributed by atoms with Crippen LogP contribution in [-0.2, 0) is 6.54 Å². The van der Waals surface area contributed by atoms with Gasteiger partial charge in [0.05, 0.1) is 12.8 Å². The minimum Gasteiger partial charge on any atom is -0.467 e. The van der Waals surface area contributed by atoms with Gasteiger partial charge in [-0.1, -0.05) is 6.08 Å². The van der Waals surface area contributed by atoms with Gasteiger partial charge in [0.1, 0.15) is 17.9 Å². The monoisotopic (exact) mass is 366 g/mol. The number of furan rings is 1. The van der Waals surface area contributed by atoms with Gasteiger partial charge in [0.2, 0.25) is 0 Å². The Labute approximate surface area is 156 Å². The first-order valence-electron chi connectivity index (χ1n) is 9.07. The highest BCUT2D eigenvalue weighted by molar-refractivity contribution is 5.80. The molecule has 140 valence electrons. The van der Waals surface area contributed by atoms with Crippen molar-refractivity contribution in [3.63, 3.8) is 0 Å². The van der Waals surface area contributed by atoms with Crippen molar-refractivity contribution in [1.29, 1.82) is 0 Å². The average molecular weight is 366 g/mol. The van der Waals surface area contributed by atoms with Gasteiger partial charge in [0.25, 0.3) is 0 Å². The molecule has 4 heterocycles. The maximum atomic E-state index is 12.0. The van der Waals surface area contributed by atoms with Crippen LogP contribution in [0.5, 0.6) is 0 Å². The zero-order valence-corrected chi connectivity index (χ0v) is 15.2. The Balaban J connectivity index is 1.54. The highest BCUT2D eigenvalue weighted by Gasteiger charge is 2.19. The molecule has 8 nitrogen and oxygen atoms in total. The number of amides is 2. The van der Waals surface area contributed by atoms with Crippen LogP contribution >= 0.6 is 0 Å². The molecule has 0 atom stereocenters. The summed E-state index contributed by atoms with van der Waals surface area (Å²) < 4.78 is 7.30. The van der Waals surface area contributed by atoms with Crippen molar-refractivity contribution >= 4 is 23.1 Å². The quantitative estimate of drug-likeness (QED) is 0.725. The lowest BCUT2D eigenvalue weighted by Gasteiger charge is -2.26. The highest BCUT2D eigenvalue weighted by Crippen LogP contribution is 2.27. The second kappa shape index (κ2) is 7.53. The first-order valence-corrected chi connectivity index (χ1v) is 9.07. The maximum Gasteiger partial charge on any atom is 0.317 e. The molecule has 0 fully saturated rings. The lowest BCUT2D eigenvalue weighted by Crippen LogP contribution is -2.41. The van der Waals surface area contributed by atoms with E-state index in [1.807, 2.05) is 34.4 Å². The molecule has 8 heteroatoms. The van der Waals surface area contributed by atoms with Crippen LogP contribution in [0.25, 0.3) is 11.2 Å². The first kappa shape index (κ1) is 17.1. The van der Waals surface area contributed by atoms with E-state index in [1.165, 1.54) is 5.57 Å². The average Bonchev–Trinajstić information content (AvgIpc) is 3.38. The Hall–Kier alpha value is -3.29. The predicted molar refractivity (Wildman–Crippen MR) is 102 cm³/mol. The lowest BCUT2D eigenvalue weighted by molar-refractivity contribution is 0.203. The SMILES string of the molecule is CCNC(=O)N1CC=C(c2ccc(NCc3ccco3)n3cnnc23)CC1. The molecule has 0 bridgehead atoms. The molecule has 4 rings (SSSR count). The van der Waals surface area contributed by atoms with Crippen LogP contribution in [0.15, 0.2) is 47.3 Å². The first-order chi connectivity index (χ1) is 13.3. The zero-order valence-electron chi connectivity index (χ0n) is 15.2. The molecule has 0 saturated carbocycles. The van der Waals surface area contributed by atoms with Gasteiger partial charge in [-0.2, -0.15) is 0 Å². The van der Waals surface area contributed by atoms with E-state index in [1.54, 1.807) is 12.6 Å². The number of nitrogens with zero attached hydrogens (tertiary/aromatic N) is 4. The molecule has 3 aromatic rings. The van der Waals surface area contributed by atoms with Crippen molar-refractivity contribution < 1.29 is 9.21 Å². The Morgan fingerprint density at radius 3 is 3.00 bits per heavy atom. The van der Waals surface area contributed by atoms with E-state index < -0.39 is 0 Å². The maximum absolute atomic E-state index is 12.0. The summed E-state index contributed by atoms with van der Waals surface area (Å²) in [6.45, 7) is 4.44. The third-order valence-corrected chi connectivity index (χ3v) is 4.65. The van der Waals surface area contributed by atoms with Crippen molar-refractivity contribution in [3.8, 4) is 0 Å². The Morgan fingerprint density at radius 1 is 1.33 bits per heavy atom. The zero-order chi connectivity index (χ0) is 18.6. The molecule has 0 unspecified atom stereocenters. The molecule has 2 N–H and O–H groups in total. The number of rotatable bonds is 5. The largest absolute Gasteiger partial charge is 0.467 e. The molecule has 0 aromatic carbocycles. The number of pyridine rings is 1. The van der Waals surface area contributed by atoms with Gasteiger partial charge in [-0.05, 0) is 43.2 Å². The molecule has 1 aliphatic rings. The summed E-state index contributed by atoms with van der Waals surface area (Å²) in [6, 6.07) is 7.86. The van der Waals surface area contributed by atoms with E-state index in [0.717, 1.165) is 29.2 Å². The van der Waals surface area contributed by atoms with Crippen molar-refractivity contribution in [2.24, 2.45) is 0 Å². The number of fused-ring (bicyclic) bond motifs is 1. The summed E-state index contributed by atoms with van der Waals surface area (Å²) in [7, 11) is 0.